The summed E-state index contributed by atoms with van der Waals surface area (Å²) in [7, 11) is 1.72. The SMILES string of the molecule is Cc1noc(-c2cccc(F)c2)c1C(=O)N(C)CCc1ccccn1. The van der Waals surface area contributed by atoms with E-state index in [1.807, 2.05) is 18.2 Å². The van der Waals surface area contributed by atoms with Gasteiger partial charge in [-0.05, 0) is 31.2 Å². The fourth-order valence-electron chi connectivity index (χ4n) is 2.57. The standard InChI is InChI=1S/C19H18FN3O2/c1-13-17(18(25-22-13)14-6-5-7-15(20)12-14)19(24)23(2)11-9-16-8-3-4-10-21-16/h3-8,10,12H,9,11H2,1-2H3. The van der Waals surface area contributed by atoms with Crippen LogP contribution in [-0.4, -0.2) is 34.5 Å². The number of rotatable bonds is 5. The summed E-state index contributed by atoms with van der Waals surface area (Å²) in [5.41, 5.74) is 2.24. The lowest BCUT2D eigenvalue weighted by atomic mass is 10.1. The van der Waals surface area contributed by atoms with Crippen molar-refractivity contribution < 1.29 is 13.7 Å². The number of pyridine rings is 1. The van der Waals surface area contributed by atoms with Crippen molar-refractivity contribution in [1.82, 2.24) is 15.0 Å². The third kappa shape index (κ3) is 3.74. The van der Waals surface area contributed by atoms with Gasteiger partial charge in [0, 0.05) is 37.5 Å². The smallest absolute Gasteiger partial charge is 0.259 e. The summed E-state index contributed by atoms with van der Waals surface area (Å²) in [6.07, 6.45) is 2.37. The van der Waals surface area contributed by atoms with Crippen molar-refractivity contribution in [2.75, 3.05) is 13.6 Å². The highest BCUT2D eigenvalue weighted by molar-refractivity contribution is 6.00. The van der Waals surface area contributed by atoms with Crippen LogP contribution in [0.3, 0.4) is 0 Å². The van der Waals surface area contributed by atoms with Crippen molar-refractivity contribution >= 4 is 5.91 Å². The molecule has 3 rings (SSSR count). The minimum Gasteiger partial charge on any atom is -0.355 e. The van der Waals surface area contributed by atoms with Gasteiger partial charge >= 0.3 is 0 Å². The third-order valence-electron chi connectivity index (χ3n) is 3.94. The van der Waals surface area contributed by atoms with Crippen LogP contribution >= 0.6 is 0 Å². The van der Waals surface area contributed by atoms with Crippen LogP contribution in [0.15, 0.2) is 53.2 Å². The van der Waals surface area contributed by atoms with Gasteiger partial charge in [-0.2, -0.15) is 0 Å². The van der Waals surface area contributed by atoms with E-state index in [9.17, 15) is 9.18 Å². The molecule has 0 fully saturated rings. The van der Waals surface area contributed by atoms with Gasteiger partial charge in [0.2, 0.25) is 0 Å². The van der Waals surface area contributed by atoms with Crippen LogP contribution in [0.1, 0.15) is 21.7 Å². The van der Waals surface area contributed by atoms with Crippen molar-refractivity contribution in [3.63, 3.8) is 0 Å². The molecule has 0 spiro atoms. The Balaban J connectivity index is 1.81. The molecule has 1 aromatic carbocycles. The summed E-state index contributed by atoms with van der Waals surface area (Å²) in [5, 5.41) is 3.89. The highest BCUT2D eigenvalue weighted by atomic mass is 19.1. The normalized spacial score (nSPS) is 10.7. The third-order valence-corrected chi connectivity index (χ3v) is 3.94. The summed E-state index contributed by atoms with van der Waals surface area (Å²) < 4.78 is 18.8. The number of hydrogen-bond donors (Lipinski definition) is 0. The van der Waals surface area contributed by atoms with Crippen LogP contribution in [0.2, 0.25) is 0 Å². The topological polar surface area (TPSA) is 59.2 Å². The molecule has 0 saturated heterocycles. The van der Waals surface area contributed by atoms with Gasteiger partial charge in [0.05, 0.1) is 5.69 Å². The Morgan fingerprint density at radius 3 is 2.80 bits per heavy atom. The van der Waals surface area contributed by atoms with E-state index in [4.69, 9.17) is 4.52 Å². The van der Waals surface area contributed by atoms with Gasteiger partial charge < -0.3 is 9.42 Å². The maximum Gasteiger partial charge on any atom is 0.259 e. The molecule has 6 heteroatoms. The highest BCUT2D eigenvalue weighted by Gasteiger charge is 2.24. The maximum atomic E-state index is 13.5. The molecule has 0 atom stereocenters. The van der Waals surface area contributed by atoms with E-state index in [2.05, 4.69) is 10.1 Å². The van der Waals surface area contributed by atoms with E-state index in [0.717, 1.165) is 5.69 Å². The van der Waals surface area contributed by atoms with E-state index >= 15 is 0 Å². The number of nitrogens with zero attached hydrogens (tertiary/aromatic N) is 3. The van der Waals surface area contributed by atoms with Gasteiger partial charge in [0.15, 0.2) is 5.76 Å². The molecule has 3 aromatic rings. The first kappa shape index (κ1) is 16.8. The Bertz CT molecular complexity index is 877. The van der Waals surface area contributed by atoms with Gasteiger partial charge in [-0.3, -0.25) is 9.78 Å². The number of benzene rings is 1. The Kier molecular flexibility index (Phi) is 4.88. The zero-order chi connectivity index (χ0) is 17.8. The van der Waals surface area contributed by atoms with Crippen LogP contribution in [-0.2, 0) is 6.42 Å². The minimum absolute atomic E-state index is 0.214. The molecule has 25 heavy (non-hydrogen) atoms. The van der Waals surface area contributed by atoms with Gasteiger partial charge in [-0.15, -0.1) is 0 Å². The van der Waals surface area contributed by atoms with Gasteiger partial charge in [0.1, 0.15) is 11.4 Å². The van der Waals surface area contributed by atoms with Crippen LogP contribution in [0.4, 0.5) is 4.39 Å². The van der Waals surface area contributed by atoms with Gasteiger partial charge in [-0.1, -0.05) is 23.4 Å². The van der Waals surface area contributed by atoms with Crippen molar-refractivity contribution in [3.8, 4) is 11.3 Å². The van der Waals surface area contributed by atoms with Crippen molar-refractivity contribution in [2.45, 2.75) is 13.3 Å². The Labute approximate surface area is 145 Å². The van der Waals surface area contributed by atoms with E-state index in [1.54, 1.807) is 37.2 Å². The quantitative estimate of drug-likeness (QED) is 0.714. The Morgan fingerprint density at radius 1 is 1.24 bits per heavy atom. The number of likely N-dealkylation sites (N-methyl/N-ethyl adjacent to an activating group) is 1. The number of aromatic nitrogens is 2. The molecule has 2 heterocycles. The van der Waals surface area contributed by atoms with Crippen molar-refractivity contribution in [3.05, 3.63) is 71.4 Å². The number of halogens is 1. The van der Waals surface area contributed by atoms with Crippen LogP contribution < -0.4 is 0 Å². The average Bonchev–Trinajstić information content (AvgIpc) is 3.01. The Morgan fingerprint density at radius 2 is 2.08 bits per heavy atom. The second-order valence-corrected chi connectivity index (χ2v) is 5.78. The van der Waals surface area contributed by atoms with E-state index < -0.39 is 5.82 Å². The molecule has 0 saturated carbocycles. The first-order valence-electron chi connectivity index (χ1n) is 7.94. The lowest BCUT2D eigenvalue weighted by molar-refractivity contribution is 0.0796. The monoisotopic (exact) mass is 339 g/mol. The Hall–Kier alpha value is -3.02. The first-order chi connectivity index (χ1) is 12.1. The summed E-state index contributed by atoms with van der Waals surface area (Å²) >= 11 is 0. The van der Waals surface area contributed by atoms with Gasteiger partial charge in [-0.25, -0.2) is 4.39 Å². The zero-order valence-electron chi connectivity index (χ0n) is 14.1. The van der Waals surface area contributed by atoms with Crippen LogP contribution in [0, 0.1) is 12.7 Å². The molecule has 5 nitrogen and oxygen atoms in total. The number of aryl methyl sites for hydroxylation is 1. The van der Waals surface area contributed by atoms with Crippen LogP contribution in [0.5, 0.6) is 0 Å². The lowest BCUT2D eigenvalue weighted by Crippen LogP contribution is -2.29. The summed E-state index contributed by atoms with van der Waals surface area (Å²) in [5.74, 6) is -0.325. The minimum atomic E-state index is -0.395. The fraction of sp³-hybridized carbons (Fsp3) is 0.211. The molecule has 0 N–H and O–H groups in total. The first-order valence-corrected chi connectivity index (χ1v) is 7.94. The largest absolute Gasteiger partial charge is 0.355 e. The highest BCUT2D eigenvalue weighted by Crippen LogP contribution is 2.27. The number of amides is 1. The summed E-state index contributed by atoms with van der Waals surface area (Å²) in [6.45, 7) is 2.20. The average molecular weight is 339 g/mol. The number of carbonyl (C=O) groups excluding carboxylic acids is 1. The second kappa shape index (κ2) is 7.25. The molecular weight excluding hydrogens is 321 g/mol. The molecule has 2 aromatic heterocycles. The zero-order valence-corrected chi connectivity index (χ0v) is 14.1. The van der Waals surface area contributed by atoms with E-state index in [1.165, 1.54) is 12.1 Å². The summed E-state index contributed by atoms with van der Waals surface area (Å²) in [6, 6.07) is 11.6. The van der Waals surface area contributed by atoms with Crippen molar-refractivity contribution in [1.29, 1.82) is 0 Å². The molecule has 0 unspecified atom stereocenters. The lowest BCUT2D eigenvalue weighted by Gasteiger charge is -2.17. The number of carbonyl (C=O) groups is 1. The predicted molar refractivity (Wildman–Crippen MR) is 91.5 cm³/mol. The van der Waals surface area contributed by atoms with E-state index in [0.29, 0.717) is 29.8 Å². The van der Waals surface area contributed by atoms with Gasteiger partial charge in [0.25, 0.3) is 5.91 Å². The van der Waals surface area contributed by atoms with E-state index in [-0.39, 0.29) is 11.7 Å². The second-order valence-electron chi connectivity index (χ2n) is 5.78. The molecule has 0 aliphatic rings. The molecular formula is C19H18FN3O2. The van der Waals surface area contributed by atoms with Crippen molar-refractivity contribution in [2.24, 2.45) is 0 Å². The fourth-order valence-corrected chi connectivity index (χ4v) is 2.57. The van der Waals surface area contributed by atoms with Crippen LogP contribution in [0.25, 0.3) is 11.3 Å². The molecule has 0 aliphatic carbocycles. The number of hydrogen-bond acceptors (Lipinski definition) is 4. The maximum absolute atomic E-state index is 13.5. The molecule has 128 valence electrons. The molecule has 0 bridgehead atoms. The summed E-state index contributed by atoms with van der Waals surface area (Å²) in [4.78, 5) is 18.7. The molecule has 0 aliphatic heterocycles. The molecule has 0 radical (unpaired) electrons. The predicted octanol–water partition coefficient (Wildman–Crippen LogP) is 3.50. The molecule has 1 amide bonds.